The molecule has 1 aliphatic heterocycles. The van der Waals surface area contributed by atoms with Gasteiger partial charge in [0.2, 0.25) is 0 Å². The van der Waals surface area contributed by atoms with Crippen molar-refractivity contribution in [1.82, 2.24) is 4.31 Å². The summed E-state index contributed by atoms with van der Waals surface area (Å²) < 4.78 is 25.8. The van der Waals surface area contributed by atoms with Crippen LogP contribution >= 0.6 is 15.9 Å². The number of halogens is 1. The van der Waals surface area contributed by atoms with E-state index in [1.165, 1.54) is 30.3 Å². The van der Waals surface area contributed by atoms with Crippen LogP contribution in [0.1, 0.15) is 20.7 Å². The number of carbonyl (C=O) groups is 2. The van der Waals surface area contributed by atoms with Gasteiger partial charge in [-0.15, -0.1) is 0 Å². The Kier molecular flexibility index (Phi) is 3.18. The van der Waals surface area contributed by atoms with E-state index < -0.39 is 21.8 Å². The summed E-state index contributed by atoms with van der Waals surface area (Å²) >= 11 is 3.23. The van der Waals surface area contributed by atoms with Gasteiger partial charge in [0, 0.05) is 10.0 Å². The summed E-state index contributed by atoms with van der Waals surface area (Å²) in [6.45, 7) is 0. The van der Waals surface area contributed by atoms with E-state index in [0.29, 0.717) is 4.31 Å². The highest BCUT2D eigenvalue weighted by atomic mass is 79.9. The molecule has 5 nitrogen and oxygen atoms in total. The Labute approximate surface area is 129 Å². The van der Waals surface area contributed by atoms with Crippen LogP contribution in [0.15, 0.2) is 57.9 Å². The topological polar surface area (TPSA) is 71.5 Å². The molecule has 0 spiro atoms. The van der Waals surface area contributed by atoms with Crippen LogP contribution in [0.2, 0.25) is 0 Å². The van der Waals surface area contributed by atoms with Crippen molar-refractivity contribution >= 4 is 37.8 Å². The molecule has 0 bridgehead atoms. The number of nitrogens with zero attached hydrogens (tertiary/aromatic N) is 1. The Morgan fingerprint density at radius 1 is 1.00 bits per heavy atom. The van der Waals surface area contributed by atoms with Crippen LogP contribution in [0.3, 0.4) is 0 Å². The lowest BCUT2D eigenvalue weighted by molar-refractivity contribution is 0.0740. The number of benzene rings is 2. The van der Waals surface area contributed by atoms with Crippen molar-refractivity contribution in [2.45, 2.75) is 4.90 Å². The van der Waals surface area contributed by atoms with Gasteiger partial charge in [-0.3, -0.25) is 9.59 Å². The van der Waals surface area contributed by atoms with Crippen LogP contribution in [0.4, 0.5) is 0 Å². The first kappa shape index (κ1) is 14.0. The van der Waals surface area contributed by atoms with E-state index in [-0.39, 0.29) is 16.0 Å². The first-order valence-electron chi connectivity index (χ1n) is 5.91. The molecule has 106 valence electrons. The first-order chi connectivity index (χ1) is 9.93. The van der Waals surface area contributed by atoms with Gasteiger partial charge in [-0.25, -0.2) is 8.42 Å². The van der Waals surface area contributed by atoms with E-state index in [4.69, 9.17) is 0 Å². The van der Waals surface area contributed by atoms with E-state index in [9.17, 15) is 18.0 Å². The van der Waals surface area contributed by atoms with Crippen LogP contribution in [-0.2, 0) is 10.0 Å². The summed E-state index contributed by atoms with van der Waals surface area (Å²) in [6.07, 6.45) is 0. The number of amides is 2. The highest BCUT2D eigenvalue weighted by molar-refractivity contribution is 9.10. The second-order valence-corrected chi connectivity index (χ2v) is 7.05. The molecule has 0 aromatic heterocycles. The Morgan fingerprint density at radius 2 is 1.62 bits per heavy atom. The van der Waals surface area contributed by atoms with Gasteiger partial charge in [0.05, 0.1) is 5.56 Å². The molecule has 0 saturated heterocycles. The van der Waals surface area contributed by atoms with Crippen molar-refractivity contribution < 1.29 is 18.0 Å². The lowest BCUT2D eigenvalue weighted by atomic mass is 10.2. The Morgan fingerprint density at radius 3 is 2.24 bits per heavy atom. The number of fused-ring (bicyclic) bond motifs is 1. The molecule has 0 saturated carbocycles. The van der Waals surface area contributed by atoms with Gasteiger partial charge >= 0.3 is 0 Å². The Bertz CT molecular complexity index is 859. The molecular weight excluding hydrogens is 358 g/mol. The van der Waals surface area contributed by atoms with Crippen molar-refractivity contribution in [3.63, 3.8) is 0 Å². The van der Waals surface area contributed by atoms with Gasteiger partial charge < -0.3 is 0 Å². The minimum atomic E-state index is -4.13. The lowest BCUT2D eigenvalue weighted by Crippen LogP contribution is -2.36. The number of rotatable bonds is 1. The zero-order chi connectivity index (χ0) is 15.2. The van der Waals surface area contributed by atoms with Crippen LogP contribution < -0.4 is 0 Å². The smallest absolute Gasteiger partial charge is 0.267 e. The highest BCUT2D eigenvalue weighted by Gasteiger charge is 2.45. The van der Waals surface area contributed by atoms with Crippen LogP contribution in [-0.4, -0.2) is 24.5 Å². The zero-order valence-electron chi connectivity index (χ0n) is 10.5. The fraction of sp³-hybridized carbons (Fsp3) is 0. The minimum absolute atomic E-state index is 0.0166. The van der Waals surface area contributed by atoms with Gasteiger partial charge in [-0.05, 0) is 36.4 Å². The summed E-state index contributed by atoms with van der Waals surface area (Å²) in [4.78, 5) is 24.4. The monoisotopic (exact) mass is 365 g/mol. The van der Waals surface area contributed by atoms with Crippen molar-refractivity contribution in [3.8, 4) is 0 Å². The SMILES string of the molecule is O=C(c1ccc(Br)cc1)N1C(=O)c2ccccc2S1(=O)=O. The second-order valence-electron chi connectivity index (χ2n) is 4.38. The molecular formula is C14H8BrNO4S. The van der Waals surface area contributed by atoms with E-state index in [2.05, 4.69) is 15.9 Å². The van der Waals surface area contributed by atoms with E-state index in [0.717, 1.165) is 4.47 Å². The second kappa shape index (κ2) is 4.78. The van der Waals surface area contributed by atoms with Crippen molar-refractivity contribution in [3.05, 3.63) is 64.1 Å². The molecule has 0 fully saturated rings. The number of hydrogen-bond donors (Lipinski definition) is 0. The first-order valence-corrected chi connectivity index (χ1v) is 8.15. The van der Waals surface area contributed by atoms with Gasteiger partial charge in [0.25, 0.3) is 21.8 Å². The summed E-state index contributed by atoms with van der Waals surface area (Å²) in [5.41, 5.74) is 0.144. The molecule has 0 N–H and O–H groups in total. The molecule has 0 radical (unpaired) electrons. The van der Waals surface area contributed by atoms with Crippen molar-refractivity contribution in [2.24, 2.45) is 0 Å². The third-order valence-corrected chi connectivity index (χ3v) is 5.35. The standard InChI is InChI=1S/C14H8BrNO4S/c15-10-7-5-9(6-8-10)13(17)16-14(18)11-3-1-2-4-12(11)21(16,19)20/h1-8H. The molecule has 2 aromatic rings. The summed E-state index contributed by atoms with van der Waals surface area (Å²) in [7, 11) is -4.13. The predicted octanol–water partition coefficient (Wildman–Crippen LogP) is 2.43. The van der Waals surface area contributed by atoms with E-state index in [1.54, 1.807) is 18.2 Å². The molecule has 2 amide bonds. The number of hydrogen-bond acceptors (Lipinski definition) is 4. The van der Waals surface area contributed by atoms with Crippen LogP contribution in [0.5, 0.6) is 0 Å². The molecule has 1 heterocycles. The number of imide groups is 1. The van der Waals surface area contributed by atoms with E-state index in [1.807, 2.05) is 0 Å². The quantitative estimate of drug-likeness (QED) is 0.727. The molecule has 0 aliphatic carbocycles. The van der Waals surface area contributed by atoms with Gasteiger partial charge in [0.1, 0.15) is 4.90 Å². The third-order valence-electron chi connectivity index (χ3n) is 3.10. The summed E-state index contributed by atoms with van der Waals surface area (Å²) in [5, 5.41) is 0. The summed E-state index contributed by atoms with van der Waals surface area (Å²) in [5.74, 6) is -1.68. The molecule has 21 heavy (non-hydrogen) atoms. The molecule has 7 heteroatoms. The predicted molar refractivity (Wildman–Crippen MR) is 78.3 cm³/mol. The molecule has 2 aromatic carbocycles. The van der Waals surface area contributed by atoms with Crippen molar-refractivity contribution in [2.75, 3.05) is 0 Å². The normalized spacial score (nSPS) is 15.9. The number of carbonyl (C=O) groups excluding carboxylic acids is 2. The van der Waals surface area contributed by atoms with Crippen LogP contribution in [0, 0.1) is 0 Å². The zero-order valence-corrected chi connectivity index (χ0v) is 12.9. The van der Waals surface area contributed by atoms with Crippen molar-refractivity contribution in [1.29, 1.82) is 0 Å². The van der Waals surface area contributed by atoms with Crippen LogP contribution in [0.25, 0.3) is 0 Å². The molecule has 0 unspecified atom stereocenters. The van der Waals surface area contributed by atoms with Gasteiger partial charge in [0.15, 0.2) is 0 Å². The molecule has 3 rings (SSSR count). The largest absolute Gasteiger partial charge is 0.276 e. The average Bonchev–Trinajstić information content (AvgIpc) is 2.67. The minimum Gasteiger partial charge on any atom is -0.267 e. The maximum Gasteiger partial charge on any atom is 0.276 e. The summed E-state index contributed by atoms with van der Waals surface area (Å²) in [6, 6.07) is 11.9. The Hall–Kier alpha value is -1.99. The average molecular weight is 366 g/mol. The molecule has 1 aliphatic rings. The highest BCUT2D eigenvalue weighted by Crippen LogP contribution is 2.31. The number of sulfonamides is 1. The van der Waals surface area contributed by atoms with E-state index >= 15 is 0 Å². The molecule has 0 atom stereocenters. The van der Waals surface area contributed by atoms with Gasteiger partial charge in [-0.2, -0.15) is 4.31 Å². The lowest BCUT2D eigenvalue weighted by Gasteiger charge is -2.13. The van der Waals surface area contributed by atoms with Gasteiger partial charge in [-0.1, -0.05) is 28.1 Å². The maximum absolute atomic E-state index is 12.4. The fourth-order valence-corrected chi connectivity index (χ4v) is 3.88. The Balaban J connectivity index is 2.11. The maximum atomic E-state index is 12.4. The fourth-order valence-electron chi connectivity index (χ4n) is 2.10. The third kappa shape index (κ3) is 2.09.